The zero-order valence-electron chi connectivity index (χ0n) is 13.7. The van der Waals surface area contributed by atoms with E-state index in [1.165, 1.54) is 0 Å². The molecule has 2 aromatic carbocycles. The van der Waals surface area contributed by atoms with E-state index in [4.69, 9.17) is 11.6 Å². The van der Waals surface area contributed by atoms with E-state index in [1.54, 1.807) is 38.1 Å². The molecule has 0 bridgehead atoms. The summed E-state index contributed by atoms with van der Waals surface area (Å²) in [7, 11) is -3.78. The van der Waals surface area contributed by atoms with Gasteiger partial charge in [0.05, 0.1) is 16.5 Å². The van der Waals surface area contributed by atoms with Gasteiger partial charge in [-0.05, 0) is 42.8 Å². The summed E-state index contributed by atoms with van der Waals surface area (Å²) in [4.78, 5) is 12.2. The molecule has 1 amide bonds. The summed E-state index contributed by atoms with van der Waals surface area (Å²) in [5, 5.41) is 3.21. The van der Waals surface area contributed by atoms with Gasteiger partial charge in [-0.25, -0.2) is 17.5 Å². The molecule has 1 unspecified atom stereocenters. The fourth-order valence-electron chi connectivity index (χ4n) is 2.23. The van der Waals surface area contributed by atoms with Crippen molar-refractivity contribution in [1.29, 1.82) is 0 Å². The van der Waals surface area contributed by atoms with Gasteiger partial charge >= 0.3 is 0 Å². The molecular weight excluding hydrogens is 367 g/mol. The lowest BCUT2D eigenvalue weighted by Crippen LogP contribution is -2.28. The Hall–Kier alpha value is -1.96. The van der Waals surface area contributed by atoms with Crippen LogP contribution in [0.25, 0.3) is 0 Å². The monoisotopic (exact) mass is 384 g/mol. The van der Waals surface area contributed by atoms with Crippen LogP contribution in [0.3, 0.4) is 0 Å². The van der Waals surface area contributed by atoms with Gasteiger partial charge in [0.25, 0.3) is 5.91 Å². The highest BCUT2D eigenvalue weighted by molar-refractivity contribution is 7.89. The maximum absolute atomic E-state index is 14.0. The Balaban J connectivity index is 2.25. The molecule has 2 N–H and O–H groups in total. The number of benzene rings is 2. The molecule has 0 heterocycles. The Labute approximate surface area is 151 Å². The third kappa shape index (κ3) is 4.78. The predicted octanol–water partition coefficient (Wildman–Crippen LogP) is 3.27. The molecule has 8 heteroatoms. The molecule has 0 saturated heterocycles. The quantitative estimate of drug-likeness (QED) is 0.802. The molecule has 0 aliphatic rings. The molecule has 134 valence electrons. The third-order valence-corrected chi connectivity index (χ3v) is 5.34. The normalized spacial score (nSPS) is 12.6. The van der Waals surface area contributed by atoms with E-state index in [2.05, 4.69) is 10.0 Å². The Bertz CT molecular complexity index is 870. The van der Waals surface area contributed by atoms with Crippen molar-refractivity contribution in [2.45, 2.75) is 24.8 Å². The maximum Gasteiger partial charge on any atom is 0.254 e. The number of carbonyl (C=O) groups excluding carboxylic acids is 1. The van der Waals surface area contributed by atoms with Gasteiger partial charge in [0.2, 0.25) is 10.0 Å². The summed E-state index contributed by atoms with van der Waals surface area (Å²) in [5.74, 6) is -1.50. The Kier molecular flexibility index (Phi) is 6.16. The zero-order chi connectivity index (χ0) is 18.6. The lowest BCUT2D eigenvalue weighted by atomic mass is 10.1. The summed E-state index contributed by atoms with van der Waals surface area (Å²) in [5.41, 5.74) is 0.453. The number of carbonyl (C=O) groups is 1. The minimum Gasteiger partial charge on any atom is -0.345 e. The summed E-state index contributed by atoms with van der Waals surface area (Å²) in [6, 6.07) is 9.56. The van der Waals surface area contributed by atoms with E-state index in [0.717, 1.165) is 23.8 Å². The van der Waals surface area contributed by atoms with Crippen LogP contribution < -0.4 is 10.0 Å². The molecule has 0 aliphatic heterocycles. The summed E-state index contributed by atoms with van der Waals surface area (Å²) in [6.45, 7) is 3.55. The smallest absolute Gasteiger partial charge is 0.254 e. The van der Waals surface area contributed by atoms with Crippen molar-refractivity contribution >= 4 is 27.5 Å². The van der Waals surface area contributed by atoms with E-state index in [0.29, 0.717) is 5.02 Å². The van der Waals surface area contributed by atoms with Crippen molar-refractivity contribution in [2.75, 3.05) is 6.54 Å². The van der Waals surface area contributed by atoms with Crippen LogP contribution in [0.1, 0.15) is 35.8 Å². The van der Waals surface area contributed by atoms with Gasteiger partial charge in [-0.3, -0.25) is 4.79 Å². The van der Waals surface area contributed by atoms with Gasteiger partial charge in [-0.15, -0.1) is 0 Å². The number of hydrogen-bond donors (Lipinski definition) is 2. The van der Waals surface area contributed by atoms with Crippen molar-refractivity contribution in [3.05, 3.63) is 64.4 Å². The van der Waals surface area contributed by atoms with Gasteiger partial charge in [0.1, 0.15) is 5.82 Å². The zero-order valence-corrected chi connectivity index (χ0v) is 15.3. The molecule has 5 nitrogen and oxygen atoms in total. The molecule has 2 rings (SSSR count). The van der Waals surface area contributed by atoms with Gasteiger partial charge < -0.3 is 5.32 Å². The van der Waals surface area contributed by atoms with Gasteiger partial charge in [-0.2, -0.15) is 0 Å². The molecule has 0 fully saturated rings. The topological polar surface area (TPSA) is 75.3 Å². The maximum atomic E-state index is 14.0. The minimum atomic E-state index is -3.78. The van der Waals surface area contributed by atoms with E-state index in [9.17, 15) is 17.6 Å². The molecule has 0 saturated carbocycles. The van der Waals surface area contributed by atoms with E-state index < -0.39 is 27.8 Å². The lowest BCUT2D eigenvalue weighted by Gasteiger charge is -2.15. The first-order valence-electron chi connectivity index (χ1n) is 7.60. The Morgan fingerprint density at radius 2 is 1.84 bits per heavy atom. The Morgan fingerprint density at radius 3 is 2.44 bits per heavy atom. The van der Waals surface area contributed by atoms with Crippen LogP contribution in [0.2, 0.25) is 5.02 Å². The molecule has 2 aromatic rings. The summed E-state index contributed by atoms with van der Waals surface area (Å²) < 4.78 is 40.3. The second kappa shape index (κ2) is 7.95. The van der Waals surface area contributed by atoms with Crippen LogP contribution >= 0.6 is 11.6 Å². The fraction of sp³-hybridized carbons (Fsp3) is 0.235. The van der Waals surface area contributed by atoms with E-state index >= 15 is 0 Å². The molecule has 0 radical (unpaired) electrons. The summed E-state index contributed by atoms with van der Waals surface area (Å²) in [6.07, 6.45) is 0. The number of halogens is 2. The number of sulfonamides is 1. The Morgan fingerprint density at radius 1 is 1.20 bits per heavy atom. The highest BCUT2D eigenvalue weighted by Gasteiger charge is 2.20. The van der Waals surface area contributed by atoms with E-state index in [-0.39, 0.29) is 17.0 Å². The largest absolute Gasteiger partial charge is 0.345 e. The number of rotatable bonds is 6. The van der Waals surface area contributed by atoms with Gasteiger partial charge in [0.15, 0.2) is 0 Å². The van der Waals surface area contributed by atoms with Crippen LogP contribution in [-0.4, -0.2) is 20.9 Å². The molecule has 0 aliphatic carbocycles. The molecule has 1 atom stereocenters. The van der Waals surface area contributed by atoms with Gasteiger partial charge in [-0.1, -0.05) is 30.7 Å². The minimum absolute atomic E-state index is 0.167. The second-order valence-electron chi connectivity index (χ2n) is 5.39. The first kappa shape index (κ1) is 19.4. The van der Waals surface area contributed by atoms with Crippen molar-refractivity contribution in [3.8, 4) is 0 Å². The second-order valence-corrected chi connectivity index (χ2v) is 7.59. The van der Waals surface area contributed by atoms with Crippen molar-refractivity contribution in [1.82, 2.24) is 10.0 Å². The van der Waals surface area contributed by atoms with Gasteiger partial charge in [0, 0.05) is 11.6 Å². The highest BCUT2D eigenvalue weighted by atomic mass is 35.5. The van der Waals surface area contributed by atoms with Crippen LogP contribution in [0.15, 0.2) is 47.4 Å². The first-order chi connectivity index (χ1) is 11.7. The molecule has 0 aromatic heterocycles. The summed E-state index contributed by atoms with van der Waals surface area (Å²) >= 11 is 5.82. The van der Waals surface area contributed by atoms with Crippen LogP contribution in [0.5, 0.6) is 0 Å². The van der Waals surface area contributed by atoms with Crippen LogP contribution in [0.4, 0.5) is 4.39 Å². The first-order valence-corrected chi connectivity index (χ1v) is 9.46. The third-order valence-electron chi connectivity index (χ3n) is 3.54. The average Bonchev–Trinajstić information content (AvgIpc) is 2.55. The van der Waals surface area contributed by atoms with Crippen molar-refractivity contribution in [2.24, 2.45) is 0 Å². The lowest BCUT2D eigenvalue weighted by molar-refractivity contribution is 0.0935. The molecule has 0 spiro atoms. The van der Waals surface area contributed by atoms with Crippen molar-refractivity contribution < 1.29 is 17.6 Å². The van der Waals surface area contributed by atoms with E-state index in [1.807, 2.05) is 0 Å². The molecular formula is C17H18ClFN2O3S. The number of hydrogen-bond acceptors (Lipinski definition) is 3. The highest BCUT2D eigenvalue weighted by Crippen LogP contribution is 2.19. The standard InChI is InChI=1S/C17H18ClFN2O3S/c1-3-20-25(23,24)14-8-9-16(19)15(10-14)17(22)21-11(2)12-4-6-13(18)7-5-12/h4-11,20H,3H2,1-2H3,(H,21,22). The molecule has 25 heavy (non-hydrogen) atoms. The number of nitrogens with one attached hydrogen (secondary N) is 2. The van der Waals surface area contributed by atoms with Crippen LogP contribution in [-0.2, 0) is 10.0 Å². The van der Waals surface area contributed by atoms with Crippen molar-refractivity contribution in [3.63, 3.8) is 0 Å². The SMILES string of the molecule is CCNS(=O)(=O)c1ccc(F)c(C(=O)NC(C)c2ccc(Cl)cc2)c1. The average molecular weight is 385 g/mol. The van der Waals surface area contributed by atoms with Crippen LogP contribution in [0, 0.1) is 5.82 Å². The number of amides is 1. The predicted molar refractivity (Wildman–Crippen MR) is 94.6 cm³/mol. The fourth-order valence-corrected chi connectivity index (χ4v) is 3.42.